The molecule has 4 aliphatic rings. The van der Waals surface area contributed by atoms with E-state index in [1.54, 1.807) is 0 Å². The zero-order chi connectivity index (χ0) is 35.1. The topological polar surface area (TPSA) is 32.6 Å². The Morgan fingerprint density at radius 1 is 0.426 bits per heavy atom. The summed E-state index contributed by atoms with van der Waals surface area (Å²) in [7, 11) is 0. The van der Waals surface area contributed by atoms with Crippen molar-refractivity contribution in [2.45, 2.75) is 5.41 Å². The lowest BCUT2D eigenvalue weighted by molar-refractivity contribution is 0.437. The number of nitrogens with zero attached hydrogens (tertiary/aromatic N) is 1. The molecule has 1 aliphatic carbocycles. The van der Waals surface area contributed by atoms with Crippen molar-refractivity contribution < 1.29 is 14.2 Å². The average Bonchev–Trinajstić information content (AvgIpc) is 3.72. The van der Waals surface area contributed by atoms with E-state index < -0.39 is 5.41 Å². The predicted molar refractivity (Wildman–Crippen MR) is 216 cm³/mol. The van der Waals surface area contributed by atoms with Gasteiger partial charge in [-0.3, -0.25) is 0 Å². The van der Waals surface area contributed by atoms with Crippen molar-refractivity contribution in [2.24, 2.45) is 0 Å². The van der Waals surface area contributed by atoms with Gasteiger partial charge in [0.05, 0.1) is 22.1 Å². The Bertz CT molecular complexity index is 3010. The van der Waals surface area contributed by atoms with Crippen LogP contribution >= 0.6 is 0 Å². The van der Waals surface area contributed by atoms with E-state index in [9.17, 15) is 0 Å². The van der Waals surface area contributed by atoms with Gasteiger partial charge in [-0.15, -0.1) is 0 Å². The summed E-state index contributed by atoms with van der Waals surface area (Å²) < 4.78 is 22.8. The second kappa shape index (κ2) is 10.1. The van der Waals surface area contributed by atoms with Crippen molar-refractivity contribution in [1.82, 2.24) is 4.57 Å². The van der Waals surface area contributed by atoms with E-state index in [-0.39, 0.29) is 6.71 Å². The average molecular weight is 690 g/mol. The first-order chi connectivity index (χ1) is 26.8. The molecule has 9 aromatic rings. The van der Waals surface area contributed by atoms with E-state index in [4.69, 9.17) is 14.2 Å². The number of benzene rings is 8. The first kappa shape index (κ1) is 28.6. The Balaban J connectivity index is 1.19. The van der Waals surface area contributed by atoms with Gasteiger partial charge in [0.2, 0.25) is 0 Å². The van der Waals surface area contributed by atoms with Crippen LogP contribution in [0.4, 0.5) is 0 Å². The maximum absolute atomic E-state index is 6.84. The van der Waals surface area contributed by atoms with Crippen LogP contribution in [0.15, 0.2) is 170 Å². The third kappa shape index (κ3) is 3.41. The van der Waals surface area contributed by atoms with Gasteiger partial charge in [-0.2, -0.15) is 0 Å². The molecule has 0 fully saturated rings. The summed E-state index contributed by atoms with van der Waals surface area (Å²) in [6.07, 6.45) is 0. The molecule has 54 heavy (non-hydrogen) atoms. The van der Waals surface area contributed by atoms with Crippen LogP contribution in [-0.2, 0) is 5.41 Å². The minimum atomic E-state index is -0.637. The molecule has 0 bridgehead atoms. The Morgan fingerprint density at radius 2 is 0.963 bits per heavy atom. The molecule has 0 saturated heterocycles. The minimum absolute atomic E-state index is 0.00867. The van der Waals surface area contributed by atoms with Gasteiger partial charge >= 0.3 is 0 Å². The van der Waals surface area contributed by atoms with Crippen LogP contribution in [-0.4, -0.2) is 11.3 Å². The Kier molecular flexibility index (Phi) is 5.36. The number of hydrogen-bond acceptors (Lipinski definition) is 3. The summed E-state index contributed by atoms with van der Waals surface area (Å²) in [5.74, 6) is 5.15. The zero-order valence-corrected chi connectivity index (χ0v) is 28.9. The van der Waals surface area contributed by atoms with E-state index in [0.29, 0.717) is 0 Å². The summed E-state index contributed by atoms with van der Waals surface area (Å²) in [5.41, 5.74) is 13.3. The lowest BCUT2D eigenvalue weighted by atomic mass is 9.35. The molecule has 0 atom stereocenters. The third-order valence-electron chi connectivity index (χ3n) is 12.2. The van der Waals surface area contributed by atoms with Crippen LogP contribution in [0.5, 0.6) is 34.5 Å². The normalized spacial score (nSPS) is 14.5. The highest BCUT2D eigenvalue weighted by Crippen LogP contribution is 2.64. The molecule has 1 spiro atoms. The first-order valence-electron chi connectivity index (χ1n) is 18.5. The van der Waals surface area contributed by atoms with Gasteiger partial charge in [-0.25, -0.2) is 0 Å². The van der Waals surface area contributed by atoms with E-state index in [1.165, 1.54) is 33.0 Å². The van der Waals surface area contributed by atoms with E-state index in [0.717, 1.165) is 78.7 Å². The van der Waals surface area contributed by atoms with Crippen molar-refractivity contribution in [3.05, 3.63) is 192 Å². The summed E-state index contributed by atoms with van der Waals surface area (Å²) in [6.45, 7) is 0.00867. The third-order valence-corrected chi connectivity index (χ3v) is 12.2. The smallest absolute Gasteiger partial charge is 0.260 e. The largest absolute Gasteiger partial charge is 0.458 e. The van der Waals surface area contributed by atoms with Crippen molar-refractivity contribution in [3.8, 4) is 51.3 Å². The van der Waals surface area contributed by atoms with Gasteiger partial charge in [0.15, 0.2) is 0 Å². The molecule has 4 heterocycles. The standard InChI is InChI=1S/C49H28BNO3/c1-3-15-34-30(13-1)32-25-26-33-31-14-2-8-20-39(31)51(48(33)46(32)49(34)35-16-4-9-21-40(35)52-41-22-10-5-17-36(41)49)29-27-44-47-45(28-29)54-43-24-12-7-19-38(43)50(47)37-18-6-11-23-42(37)53-44/h1-28H. The summed E-state index contributed by atoms with van der Waals surface area (Å²) >= 11 is 0. The number of aromatic nitrogens is 1. The lowest BCUT2D eigenvalue weighted by Crippen LogP contribution is -2.57. The van der Waals surface area contributed by atoms with Gasteiger partial charge in [0, 0.05) is 45.1 Å². The van der Waals surface area contributed by atoms with E-state index >= 15 is 0 Å². The zero-order valence-electron chi connectivity index (χ0n) is 28.9. The second-order valence-corrected chi connectivity index (χ2v) is 14.7. The van der Waals surface area contributed by atoms with E-state index in [2.05, 4.69) is 174 Å². The molecular weight excluding hydrogens is 661 g/mol. The fourth-order valence-electron chi connectivity index (χ4n) is 10.2. The van der Waals surface area contributed by atoms with Gasteiger partial charge in [-0.05, 0) is 57.9 Å². The molecule has 5 heteroatoms. The predicted octanol–water partition coefficient (Wildman–Crippen LogP) is 9.98. The molecule has 3 aliphatic heterocycles. The van der Waals surface area contributed by atoms with Crippen LogP contribution in [0.25, 0.3) is 38.6 Å². The van der Waals surface area contributed by atoms with Crippen LogP contribution in [0.2, 0.25) is 0 Å². The Morgan fingerprint density at radius 3 is 1.65 bits per heavy atom. The first-order valence-corrected chi connectivity index (χ1v) is 18.5. The molecule has 250 valence electrons. The monoisotopic (exact) mass is 689 g/mol. The number of rotatable bonds is 1. The number of para-hydroxylation sites is 5. The lowest BCUT2D eigenvalue weighted by Gasteiger charge is -2.39. The molecule has 1 aromatic heterocycles. The molecule has 8 aromatic carbocycles. The highest BCUT2D eigenvalue weighted by molar-refractivity contribution is 6.98. The van der Waals surface area contributed by atoms with Crippen LogP contribution in [0.3, 0.4) is 0 Å². The summed E-state index contributed by atoms with van der Waals surface area (Å²) in [5, 5.41) is 2.39. The Hall–Kier alpha value is -6.98. The molecule has 0 radical (unpaired) electrons. The minimum Gasteiger partial charge on any atom is -0.458 e. The molecule has 0 saturated carbocycles. The van der Waals surface area contributed by atoms with Gasteiger partial charge in [0.25, 0.3) is 6.71 Å². The highest BCUT2D eigenvalue weighted by atomic mass is 16.5. The van der Waals surface area contributed by atoms with Crippen molar-refractivity contribution in [1.29, 1.82) is 0 Å². The van der Waals surface area contributed by atoms with Crippen molar-refractivity contribution >= 4 is 44.9 Å². The molecular formula is C49H28BNO3. The van der Waals surface area contributed by atoms with Crippen LogP contribution in [0, 0.1) is 0 Å². The van der Waals surface area contributed by atoms with Crippen LogP contribution < -0.4 is 30.6 Å². The number of fused-ring (bicyclic) bond motifs is 17. The maximum atomic E-state index is 6.84. The molecule has 13 rings (SSSR count). The molecule has 0 unspecified atom stereocenters. The van der Waals surface area contributed by atoms with Crippen molar-refractivity contribution in [3.63, 3.8) is 0 Å². The molecule has 4 nitrogen and oxygen atoms in total. The van der Waals surface area contributed by atoms with Gasteiger partial charge in [0.1, 0.15) is 34.5 Å². The van der Waals surface area contributed by atoms with Gasteiger partial charge in [-0.1, -0.05) is 127 Å². The van der Waals surface area contributed by atoms with E-state index in [1.807, 2.05) is 0 Å². The number of hydrogen-bond donors (Lipinski definition) is 0. The second-order valence-electron chi connectivity index (χ2n) is 14.7. The van der Waals surface area contributed by atoms with Gasteiger partial charge < -0.3 is 18.8 Å². The Labute approximate surface area is 311 Å². The summed E-state index contributed by atoms with van der Waals surface area (Å²) in [4.78, 5) is 0. The maximum Gasteiger partial charge on any atom is 0.260 e. The summed E-state index contributed by atoms with van der Waals surface area (Å²) in [6, 6.07) is 60.8. The molecule has 0 amide bonds. The fraction of sp³-hybridized carbons (Fsp3) is 0.0204. The van der Waals surface area contributed by atoms with Crippen LogP contribution in [0.1, 0.15) is 22.3 Å². The highest BCUT2D eigenvalue weighted by Gasteiger charge is 2.52. The molecule has 0 N–H and O–H groups in total. The fourth-order valence-corrected chi connectivity index (χ4v) is 10.2. The van der Waals surface area contributed by atoms with Crippen molar-refractivity contribution in [2.75, 3.05) is 0 Å². The SMILES string of the molecule is c1ccc2c(c1)Oc1cc(-n3c4ccccc4c4ccc5c(c43)C3(c4ccccc4Oc4ccccc43)c3ccccc3-5)cc3c1B2c1ccccc1O3. The quantitative estimate of drug-likeness (QED) is 0.161. The number of ether oxygens (including phenoxy) is 3.